The van der Waals surface area contributed by atoms with E-state index >= 15 is 0 Å². The maximum absolute atomic E-state index is 5.70. The minimum Gasteiger partial charge on any atom is -0.493 e. The molecule has 124 valence electrons. The first-order chi connectivity index (χ1) is 11.7. The van der Waals surface area contributed by atoms with Gasteiger partial charge in [0.25, 0.3) is 0 Å². The van der Waals surface area contributed by atoms with Crippen molar-refractivity contribution >= 4 is 21.6 Å². The van der Waals surface area contributed by atoms with E-state index in [1.165, 1.54) is 0 Å². The Morgan fingerprint density at radius 2 is 1.88 bits per heavy atom. The van der Waals surface area contributed by atoms with Crippen molar-refractivity contribution in [1.29, 1.82) is 0 Å². The van der Waals surface area contributed by atoms with Gasteiger partial charge in [-0.15, -0.1) is 10.2 Å². The van der Waals surface area contributed by atoms with Crippen LogP contribution in [0.25, 0.3) is 11.5 Å². The van der Waals surface area contributed by atoms with Crippen LogP contribution in [0.15, 0.2) is 51.4 Å². The van der Waals surface area contributed by atoms with Crippen molar-refractivity contribution in [2.45, 2.75) is 6.54 Å². The van der Waals surface area contributed by atoms with Gasteiger partial charge in [-0.3, -0.25) is 0 Å². The minimum atomic E-state index is 0.432. The number of halogens is 1. The number of rotatable bonds is 6. The highest BCUT2D eigenvalue weighted by Gasteiger charge is 2.12. The standard InChI is InChI=1S/C17H16BrN3O3/c1-22-14-7-6-11(8-15(14)23-2)17-21-20-16(24-17)10-19-13-5-3-4-12(18)9-13/h3-9,19H,10H2,1-2H3. The number of methoxy groups -OCH3 is 2. The molecule has 7 heteroatoms. The molecule has 0 aliphatic carbocycles. The molecule has 0 unspecified atom stereocenters. The average Bonchev–Trinajstić information content (AvgIpc) is 3.08. The molecule has 0 fully saturated rings. The summed E-state index contributed by atoms with van der Waals surface area (Å²) in [5, 5.41) is 11.4. The fourth-order valence-electron chi connectivity index (χ4n) is 2.19. The third-order valence-corrected chi connectivity index (χ3v) is 3.86. The predicted octanol–water partition coefficient (Wildman–Crippen LogP) is 4.13. The van der Waals surface area contributed by atoms with Crippen molar-refractivity contribution < 1.29 is 13.9 Å². The number of anilines is 1. The highest BCUT2D eigenvalue weighted by Crippen LogP contribution is 2.31. The summed E-state index contributed by atoms with van der Waals surface area (Å²) in [4.78, 5) is 0. The van der Waals surface area contributed by atoms with E-state index in [1.54, 1.807) is 26.4 Å². The van der Waals surface area contributed by atoms with Crippen molar-refractivity contribution in [3.05, 3.63) is 52.8 Å². The van der Waals surface area contributed by atoms with Gasteiger partial charge in [-0.1, -0.05) is 22.0 Å². The third-order valence-electron chi connectivity index (χ3n) is 3.37. The Kier molecular flexibility index (Phi) is 5.00. The zero-order valence-corrected chi connectivity index (χ0v) is 14.8. The number of nitrogens with one attached hydrogen (secondary N) is 1. The Labute approximate surface area is 147 Å². The van der Waals surface area contributed by atoms with Crippen LogP contribution in [0.5, 0.6) is 11.5 Å². The van der Waals surface area contributed by atoms with Gasteiger partial charge in [0, 0.05) is 15.7 Å². The van der Waals surface area contributed by atoms with Crippen molar-refractivity contribution in [2.24, 2.45) is 0 Å². The number of benzene rings is 2. The zero-order chi connectivity index (χ0) is 16.9. The number of ether oxygens (including phenoxy) is 2. The van der Waals surface area contributed by atoms with Gasteiger partial charge in [0.2, 0.25) is 11.8 Å². The summed E-state index contributed by atoms with van der Waals surface area (Å²) in [6.07, 6.45) is 0. The van der Waals surface area contributed by atoms with E-state index in [-0.39, 0.29) is 0 Å². The van der Waals surface area contributed by atoms with Crippen LogP contribution in [-0.4, -0.2) is 24.4 Å². The summed E-state index contributed by atoms with van der Waals surface area (Å²) in [5.41, 5.74) is 1.74. The van der Waals surface area contributed by atoms with Crippen molar-refractivity contribution in [1.82, 2.24) is 10.2 Å². The van der Waals surface area contributed by atoms with E-state index in [1.807, 2.05) is 30.3 Å². The predicted molar refractivity (Wildman–Crippen MR) is 94.3 cm³/mol. The van der Waals surface area contributed by atoms with Gasteiger partial charge in [-0.2, -0.15) is 0 Å². The molecule has 1 N–H and O–H groups in total. The van der Waals surface area contributed by atoms with Gasteiger partial charge >= 0.3 is 0 Å². The van der Waals surface area contributed by atoms with Crippen LogP contribution in [0.4, 0.5) is 5.69 Å². The summed E-state index contributed by atoms with van der Waals surface area (Å²) in [7, 11) is 3.18. The third kappa shape index (κ3) is 3.68. The molecule has 1 heterocycles. The van der Waals surface area contributed by atoms with Crippen LogP contribution in [0.3, 0.4) is 0 Å². The molecule has 0 bridgehead atoms. The Hall–Kier alpha value is -2.54. The summed E-state index contributed by atoms with van der Waals surface area (Å²) >= 11 is 3.43. The zero-order valence-electron chi connectivity index (χ0n) is 13.2. The highest BCUT2D eigenvalue weighted by atomic mass is 79.9. The highest BCUT2D eigenvalue weighted by molar-refractivity contribution is 9.10. The molecule has 0 saturated heterocycles. The van der Waals surface area contributed by atoms with Gasteiger partial charge in [0.05, 0.1) is 20.8 Å². The molecule has 1 aromatic heterocycles. The van der Waals surface area contributed by atoms with Crippen LogP contribution in [0, 0.1) is 0 Å². The molecule has 3 rings (SSSR count). The maximum Gasteiger partial charge on any atom is 0.247 e. The van der Waals surface area contributed by atoms with Gasteiger partial charge in [-0.05, 0) is 36.4 Å². The normalized spacial score (nSPS) is 10.5. The molecule has 0 amide bonds. The molecule has 24 heavy (non-hydrogen) atoms. The van der Waals surface area contributed by atoms with Crippen LogP contribution >= 0.6 is 15.9 Å². The van der Waals surface area contributed by atoms with Crippen LogP contribution in [0.2, 0.25) is 0 Å². The van der Waals surface area contributed by atoms with E-state index in [4.69, 9.17) is 13.9 Å². The first kappa shape index (κ1) is 16.3. The van der Waals surface area contributed by atoms with Crippen molar-refractivity contribution in [3.8, 4) is 23.0 Å². The quantitative estimate of drug-likeness (QED) is 0.683. The van der Waals surface area contributed by atoms with Crippen LogP contribution in [-0.2, 0) is 6.54 Å². The molecule has 0 radical (unpaired) electrons. The van der Waals surface area contributed by atoms with E-state index in [9.17, 15) is 0 Å². The molecule has 0 atom stereocenters. The summed E-state index contributed by atoms with van der Waals surface area (Å²) in [6, 6.07) is 13.3. The molecule has 0 saturated carbocycles. The smallest absolute Gasteiger partial charge is 0.247 e. The van der Waals surface area contributed by atoms with E-state index in [0.29, 0.717) is 29.8 Å². The van der Waals surface area contributed by atoms with Gasteiger partial charge in [0.15, 0.2) is 11.5 Å². The van der Waals surface area contributed by atoms with Crippen molar-refractivity contribution in [3.63, 3.8) is 0 Å². The lowest BCUT2D eigenvalue weighted by molar-refractivity contribution is 0.355. The second-order valence-electron chi connectivity index (χ2n) is 4.93. The first-order valence-electron chi connectivity index (χ1n) is 7.24. The molecule has 0 aliphatic heterocycles. The SMILES string of the molecule is COc1ccc(-c2nnc(CNc3cccc(Br)c3)o2)cc1OC. The first-order valence-corrected chi connectivity index (χ1v) is 8.03. The fraction of sp³-hybridized carbons (Fsp3) is 0.176. The lowest BCUT2D eigenvalue weighted by atomic mass is 10.2. The maximum atomic E-state index is 5.70. The van der Waals surface area contributed by atoms with Gasteiger partial charge in [0.1, 0.15) is 0 Å². The summed E-state index contributed by atoms with van der Waals surface area (Å²) in [6.45, 7) is 0.441. The number of nitrogens with zero attached hydrogens (tertiary/aromatic N) is 2. The second kappa shape index (κ2) is 7.35. The number of aromatic nitrogens is 2. The molecule has 3 aromatic rings. The summed E-state index contributed by atoms with van der Waals surface area (Å²) in [5.74, 6) is 2.20. The Morgan fingerprint density at radius 3 is 2.62 bits per heavy atom. The van der Waals surface area contributed by atoms with Crippen LogP contribution in [0.1, 0.15) is 5.89 Å². The fourth-order valence-corrected chi connectivity index (χ4v) is 2.59. The van der Waals surface area contributed by atoms with Crippen molar-refractivity contribution in [2.75, 3.05) is 19.5 Å². The van der Waals surface area contributed by atoms with Gasteiger partial charge < -0.3 is 19.2 Å². The Bertz CT molecular complexity index is 835. The molecular weight excluding hydrogens is 374 g/mol. The number of hydrogen-bond acceptors (Lipinski definition) is 6. The average molecular weight is 390 g/mol. The minimum absolute atomic E-state index is 0.432. The molecule has 0 spiro atoms. The summed E-state index contributed by atoms with van der Waals surface area (Å²) < 4.78 is 17.2. The molecule has 6 nitrogen and oxygen atoms in total. The van der Waals surface area contributed by atoms with E-state index < -0.39 is 0 Å². The second-order valence-corrected chi connectivity index (χ2v) is 5.85. The monoisotopic (exact) mass is 389 g/mol. The molecule has 0 aliphatic rings. The Morgan fingerprint density at radius 1 is 1.04 bits per heavy atom. The largest absolute Gasteiger partial charge is 0.493 e. The Balaban J connectivity index is 1.73. The molecule has 2 aromatic carbocycles. The van der Waals surface area contributed by atoms with Crippen LogP contribution < -0.4 is 14.8 Å². The lowest BCUT2D eigenvalue weighted by Crippen LogP contribution is -1.99. The van der Waals surface area contributed by atoms with Gasteiger partial charge in [-0.25, -0.2) is 0 Å². The van der Waals surface area contributed by atoms with E-state index in [0.717, 1.165) is 15.7 Å². The lowest BCUT2D eigenvalue weighted by Gasteiger charge is -2.07. The van der Waals surface area contributed by atoms with E-state index in [2.05, 4.69) is 31.4 Å². The molecular formula is C17H16BrN3O3. The topological polar surface area (TPSA) is 69.4 Å². The number of hydrogen-bond donors (Lipinski definition) is 1.